The molecule has 0 radical (unpaired) electrons. The van der Waals surface area contributed by atoms with E-state index in [1.807, 2.05) is 30.3 Å². The van der Waals surface area contributed by atoms with Crippen LogP contribution in [0.5, 0.6) is 0 Å². The fourth-order valence-electron chi connectivity index (χ4n) is 4.40. The van der Waals surface area contributed by atoms with Gasteiger partial charge in [0.05, 0.1) is 16.9 Å². The predicted molar refractivity (Wildman–Crippen MR) is 151 cm³/mol. The molecule has 11 nitrogen and oxygen atoms in total. The van der Waals surface area contributed by atoms with E-state index in [-0.39, 0.29) is 45.8 Å². The van der Waals surface area contributed by atoms with E-state index < -0.39 is 28.0 Å². The van der Waals surface area contributed by atoms with Gasteiger partial charge < -0.3 is 9.30 Å². The first-order chi connectivity index (χ1) is 19.8. The molecule has 0 saturated carbocycles. The fourth-order valence-corrected chi connectivity index (χ4v) is 4.59. The number of halogens is 1. The number of nitrogens with zero attached hydrogens (tertiary/aromatic N) is 5. The van der Waals surface area contributed by atoms with Crippen molar-refractivity contribution < 1.29 is 19.2 Å². The molecule has 3 heterocycles. The largest absolute Gasteiger partial charge is 0.462 e. The fraction of sp³-hybridized carbons (Fsp3) is 0.138. The molecular formula is C29H22ClN5O6. The highest BCUT2D eigenvalue weighted by Crippen LogP contribution is 2.25. The Bertz CT molecular complexity index is 1970. The molecule has 5 rings (SSSR count). The molecule has 0 aliphatic rings. The summed E-state index contributed by atoms with van der Waals surface area (Å²) in [6.45, 7) is 1.85. The number of nitro benzene ring substituents is 1. The Morgan fingerprint density at radius 2 is 1.83 bits per heavy atom. The molecule has 5 aromatic rings. The summed E-state index contributed by atoms with van der Waals surface area (Å²) in [5.74, 6) is -1.66. The SMILES string of the molecule is CCOC(=O)c1cc2c(=O)n3ccccc3nc2n(CCc2ccccc2)c1=NC(=O)c1ccc(Cl)c([N+](=O)[O-])c1. The molecule has 0 unspecified atom stereocenters. The number of hydrogen-bond acceptors (Lipinski definition) is 7. The number of rotatable bonds is 7. The summed E-state index contributed by atoms with van der Waals surface area (Å²) in [6, 6.07) is 19.4. The number of carbonyl (C=O) groups is 2. The van der Waals surface area contributed by atoms with Crippen molar-refractivity contribution in [2.45, 2.75) is 19.9 Å². The summed E-state index contributed by atoms with van der Waals surface area (Å²) in [6.07, 6.45) is 2.02. The van der Waals surface area contributed by atoms with E-state index in [2.05, 4.69) is 9.98 Å². The molecule has 0 spiro atoms. The second-order valence-corrected chi connectivity index (χ2v) is 9.32. The Morgan fingerprint density at radius 1 is 1.07 bits per heavy atom. The lowest BCUT2D eigenvalue weighted by Crippen LogP contribution is -2.33. The summed E-state index contributed by atoms with van der Waals surface area (Å²) in [5.41, 5.74) is 0.299. The lowest BCUT2D eigenvalue weighted by molar-refractivity contribution is -0.384. The van der Waals surface area contributed by atoms with E-state index in [0.29, 0.717) is 12.1 Å². The summed E-state index contributed by atoms with van der Waals surface area (Å²) in [5, 5.41) is 11.4. The van der Waals surface area contributed by atoms with Crippen LogP contribution in [0.25, 0.3) is 16.7 Å². The lowest BCUT2D eigenvalue weighted by atomic mass is 10.1. The van der Waals surface area contributed by atoms with Crippen molar-refractivity contribution in [1.82, 2.24) is 14.0 Å². The molecule has 1 amide bonds. The van der Waals surface area contributed by atoms with Crippen LogP contribution in [0.4, 0.5) is 5.69 Å². The normalized spacial score (nSPS) is 11.6. The zero-order chi connectivity index (χ0) is 29.1. The second-order valence-electron chi connectivity index (χ2n) is 8.91. The summed E-state index contributed by atoms with van der Waals surface area (Å²) >= 11 is 5.92. The van der Waals surface area contributed by atoms with Gasteiger partial charge in [0.25, 0.3) is 17.2 Å². The standard InChI is InChI=1S/C29H22ClN5O6/c1-2-41-29(38)21-17-20-25(31-24-10-6-7-14-33(24)28(20)37)34(15-13-18-8-4-3-5-9-18)26(21)32-27(36)19-11-12-22(30)23(16-19)35(39)40/h3-12,14,16-17H,2,13,15H2,1H3. The average Bonchev–Trinajstić information content (AvgIpc) is 2.97. The van der Waals surface area contributed by atoms with Crippen molar-refractivity contribution in [3.8, 4) is 0 Å². The maximum absolute atomic E-state index is 13.5. The van der Waals surface area contributed by atoms with Crippen molar-refractivity contribution in [2.75, 3.05) is 6.61 Å². The van der Waals surface area contributed by atoms with Crippen LogP contribution in [0.3, 0.4) is 0 Å². The van der Waals surface area contributed by atoms with Gasteiger partial charge in [0.2, 0.25) is 0 Å². The molecule has 0 aliphatic heterocycles. The zero-order valence-corrected chi connectivity index (χ0v) is 22.4. The molecule has 0 fully saturated rings. The van der Waals surface area contributed by atoms with Gasteiger partial charge in [-0.05, 0) is 49.2 Å². The van der Waals surface area contributed by atoms with Gasteiger partial charge in [0.1, 0.15) is 21.9 Å². The van der Waals surface area contributed by atoms with Gasteiger partial charge in [-0.25, -0.2) is 9.78 Å². The zero-order valence-electron chi connectivity index (χ0n) is 21.7. The van der Waals surface area contributed by atoms with E-state index in [4.69, 9.17) is 16.3 Å². The number of pyridine rings is 2. The number of aromatic nitrogens is 3. The molecule has 0 aliphatic carbocycles. The highest BCUT2D eigenvalue weighted by atomic mass is 35.5. The predicted octanol–water partition coefficient (Wildman–Crippen LogP) is 4.37. The average molecular weight is 572 g/mol. The van der Waals surface area contributed by atoms with Crippen LogP contribution < -0.4 is 11.0 Å². The highest BCUT2D eigenvalue weighted by Gasteiger charge is 2.21. The molecule has 12 heteroatoms. The van der Waals surface area contributed by atoms with Gasteiger partial charge in [-0.1, -0.05) is 48.0 Å². The Hall–Kier alpha value is -5.16. The minimum atomic E-state index is -0.861. The van der Waals surface area contributed by atoms with E-state index in [0.717, 1.165) is 11.6 Å². The highest BCUT2D eigenvalue weighted by molar-refractivity contribution is 6.32. The summed E-state index contributed by atoms with van der Waals surface area (Å²) in [7, 11) is 0. The van der Waals surface area contributed by atoms with Crippen molar-refractivity contribution in [3.63, 3.8) is 0 Å². The molecular weight excluding hydrogens is 550 g/mol. The third kappa shape index (κ3) is 5.48. The first kappa shape index (κ1) is 27.4. The topological polar surface area (TPSA) is 138 Å². The van der Waals surface area contributed by atoms with Crippen molar-refractivity contribution >= 4 is 45.8 Å². The number of ether oxygens (including phenoxy) is 1. The van der Waals surface area contributed by atoms with Crippen LogP contribution >= 0.6 is 11.6 Å². The van der Waals surface area contributed by atoms with Crippen molar-refractivity contribution in [3.05, 3.63) is 127 Å². The molecule has 2 aromatic carbocycles. The number of esters is 1. The molecule has 41 heavy (non-hydrogen) atoms. The number of hydrogen-bond donors (Lipinski definition) is 0. The Balaban J connectivity index is 1.82. The third-order valence-electron chi connectivity index (χ3n) is 6.35. The minimum absolute atomic E-state index is 0.0343. The van der Waals surface area contributed by atoms with Crippen LogP contribution in [0.2, 0.25) is 5.02 Å². The quantitative estimate of drug-likeness (QED) is 0.122. The summed E-state index contributed by atoms with van der Waals surface area (Å²) in [4.78, 5) is 59.7. The Labute approximate surface area is 237 Å². The first-order valence-corrected chi connectivity index (χ1v) is 12.9. The Morgan fingerprint density at radius 3 is 2.56 bits per heavy atom. The number of benzene rings is 2. The van der Waals surface area contributed by atoms with Gasteiger partial charge in [-0.2, -0.15) is 4.99 Å². The van der Waals surface area contributed by atoms with Crippen LogP contribution in [-0.4, -0.2) is 37.4 Å². The van der Waals surface area contributed by atoms with Crippen molar-refractivity contribution in [1.29, 1.82) is 0 Å². The van der Waals surface area contributed by atoms with Gasteiger partial charge >= 0.3 is 5.97 Å². The summed E-state index contributed by atoms with van der Waals surface area (Å²) < 4.78 is 8.14. The van der Waals surface area contributed by atoms with E-state index >= 15 is 0 Å². The van der Waals surface area contributed by atoms with Crippen molar-refractivity contribution in [2.24, 2.45) is 4.99 Å². The number of aryl methyl sites for hydroxylation is 2. The van der Waals surface area contributed by atoms with Crippen LogP contribution in [0.15, 0.2) is 88.8 Å². The van der Waals surface area contributed by atoms with E-state index in [1.165, 1.54) is 27.2 Å². The van der Waals surface area contributed by atoms with Crippen LogP contribution in [0.1, 0.15) is 33.2 Å². The number of fused-ring (bicyclic) bond motifs is 2. The lowest BCUT2D eigenvalue weighted by Gasteiger charge is -2.15. The second kappa shape index (κ2) is 11.5. The smallest absolute Gasteiger partial charge is 0.341 e. The van der Waals surface area contributed by atoms with Gasteiger partial charge in [-0.3, -0.25) is 24.1 Å². The number of nitro groups is 1. The van der Waals surface area contributed by atoms with E-state index in [1.54, 1.807) is 31.3 Å². The van der Waals surface area contributed by atoms with Crippen LogP contribution in [-0.2, 0) is 17.7 Å². The van der Waals surface area contributed by atoms with E-state index in [9.17, 15) is 24.5 Å². The van der Waals surface area contributed by atoms with Gasteiger partial charge in [0.15, 0.2) is 5.49 Å². The monoisotopic (exact) mass is 571 g/mol. The molecule has 206 valence electrons. The minimum Gasteiger partial charge on any atom is -0.462 e. The maximum Gasteiger partial charge on any atom is 0.341 e. The number of amides is 1. The molecule has 0 bridgehead atoms. The molecule has 0 saturated heterocycles. The number of carbonyl (C=O) groups excluding carboxylic acids is 2. The third-order valence-corrected chi connectivity index (χ3v) is 6.67. The molecule has 0 atom stereocenters. The first-order valence-electron chi connectivity index (χ1n) is 12.6. The van der Waals surface area contributed by atoms with Gasteiger partial charge in [-0.15, -0.1) is 0 Å². The maximum atomic E-state index is 13.5. The molecule has 0 N–H and O–H groups in total. The Kier molecular flexibility index (Phi) is 7.70. The van der Waals surface area contributed by atoms with Crippen LogP contribution in [0, 0.1) is 10.1 Å². The molecule has 3 aromatic heterocycles. The van der Waals surface area contributed by atoms with Gasteiger partial charge in [0, 0.05) is 24.4 Å².